The van der Waals surface area contributed by atoms with Crippen molar-refractivity contribution in [2.24, 2.45) is 5.92 Å². The van der Waals surface area contributed by atoms with Crippen LogP contribution in [-0.4, -0.2) is 54.6 Å². The van der Waals surface area contributed by atoms with E-state index in [1.807, 2.05) is 0 Å². The number of para-hydroxylation sites is 1. The van der Waals surface area contributed by atoms with E-state index < -0.39 is 12.7 Å². The lowest BCUT2D eigenvalue weighted by atomic mass is 10.1. The molecule has 1 aromatic rings. The Labute approximate surface area is 158 Å². The first-order chi connectivity index (χ1) is 10.8. The van der Waals surface area contributed by atoms with Crippen molar-refractivity contribution in [2.75, 3.05) is 38.5 Å². The van der Waals surface area contributed by atoms with Crippen LogP contribution in [0.15, 0.2) is 24.3 Å². The zero-order valence-electron chi connectivity index (χ0n) is 14.0. The van der Waals surface area contributed by atoms with Crippen LogP contribution in [0.1, 0.15) is 23.7 Å². The molecule has 25 heavy (non-hydrogen) atoms. The zero-order chi connectivity index (χ0) is 17.0. The lowest BCUT2D eigenvalue weighted by molar-refractivity contribution is -0.146. The summed E-state index contributed by atoms with van der Waals surface area (Å²) in [4.78, 5) is 15.5. The third-order valence-corrected chi connectivity index (χ3v) is 4.13. The number of nitrogens with two attached hydrogens (primary N) is 1. The molecule has 0 aliphatic carbocycles. The van der Waals surface area contributed by atoms with Crippen LogP contribution in [0.4, 0.5) is 18.9 Å². The lowest BCUT2D eigenvalue weighted by Gasteiger charge is -2.25. The molecule has 1 aromatic carbocycles. The van der Waals surface area contributed by atoms with Crippen LogP contribution in [-0.2, 0) is 0 Å². The highest BCUT2D eigenvalue weighted by Gasteiger charge is 2.33. The number of hydrogen-bond acceptors (Lipinski definition) is 3. The Morgan fingerprint density at radius 1 is 1.32 bits per heavy atom. The molecule has 1 heterocycles. The fourth-order valence-electron chi connectivity index (χ4n) is 2.95. The van der Waals surface area contributed by atoms with Crippen molar-refractivity contribution in [3.8, 4) is 0 Å². The molecule has 2 rings (SSSR count). The summed E-state index contributed by atoms with van der Waals surface area (Å²) < 4.78 is 37.6. The maximum Gasteiger partial charge on any atom is 0.401 e. The van der Waals surface area contributed by atoms with Crippen LogP contribution in [0.3, 0.4) is 0 Å². The van der Waals surface area contributed by atoms with Gasteiger partial charge in [-0.15, -0.1) is 24.8 Å². The number of amides is 1. The van der Waals surface area contributed by atoms with Gasteiger partial charge in [0.1, 0.15) is 0 Å². The predicted molar refractivity (Wildman–Crippen MR) is 97.5 cm³/mol. The Hall–Kier alpha value is -1.18. The molecule has 1 saturated heterocycles. The van der Waals surface area contributed by atoms with Gasteiger partial charge in [0.25, 0.3) is 5.91 Å². The second-order valence-electron chi connectivity index (χ2n) is 5.94. The van der Waals surface area contributed by atoms with Gasteiger partial charge in [0.2, 0.25) is 0 Å². The highest BCUT2D eigenvalue weighted by Crippen LogP contribution is 2.23. The van der Waals surface area contributed by atoms with Crippen LogP contribution >= 0.6 is 24.8 Å². The molecule has 4 nitrogen and oxygen atoms in total. The Morgan fingerprint density at radius 2 is 1.96 bits per heavy atom. The number of carbonyl (C=O) groups is 1. The molecule has 9 heteroatoms. The summed E-state index contributed by atoms with van der Waals surface area (Å²) in [5.74, 6) is -0.0874. The van der Waals surface area contributed by atoms with Crippen LogP contribution in [0, 0.1) is 5.92 Å². The molecule has 1 aliphatic rings. The summed E-state index contributed by atoms with van der Waals surface area (Å²) in [6, 6.07) is 6.85. The number of anilines is 1. The lowest BCUT2D eigenvalue weighted by Crippen LogP contribution is -2.38. The number of hydrogen-bond donors (Lipinski definition) is 1. The Balaban J connectivity index is 0.00000288. The number of alkyl halides is 3. The van der Waals surface area contributed by atoms with Gasteiger partial charge in [-0.1, -0.05) is 19.1 Å². The van der Waals surface area contributed by atoms with Gasteiger partial charge in [-0.3, -0.25) is 9.69 Å². The first-order valence-electron chi connectivity index (χ1n) is 7.73. The molecule has 1 fully saturated rings. The van der Waals surface area contributed by atoms with E-state index in [2.05, 4.69) is 0 Å². The van der Waals surface area contributed by atoms with E-state index >= 15 is 0 Å². The van der Waals surface area contributed by atoms with Gasteiger partial charge in [-0.2, -0.15) is 13.2 Å². The molecule has 1 unspecified atom stereocenters. The largest absolute Gasteiger partial charge is 0.401 e. The van der Waals surface area contributed by atoms with E-state index in [1.165, 1.54) is 4.90 Å². The van der Waals surface area contributed by atoms with Gasteiger partial charge >= 0.3 is 6.18 Å². The first-order valence-corrected chi connectivity index (χ1v) is 7.73. The molecular formula is C16H24Cl2F3N3O. The summed E-state index contributed by atoms with van der Waals surface area (Å²) in [6.45, 7) is 2.54. The molecule has 0 bridgehead atoms. The molecule has 0 radical (unpaired) electrons. The van der Waals surface area contributed by atoms with E-state index in [0.29, 0.717) is 43.9 Å². The van der Waals surface area contributed by atoms with E-state index in [9.17, 15) is 18.0 Å². The van der Waals surface area contributed by atoms with Crippen LogP contribution in [0.5, 0.6) is 0 Å². The summed E-state index contributed by atoms with van der Waals surface area (Å²) in [5, 5.41) is 0. The maximum absolute atomic E-state index is 12.5. The van der Waals surface area contributed by atoms with Crippen LogP contribution < -0.4 is 5.73 Å². The zero-order valence-corrected chi connectivity index (χ0v) is 15.6. The van der Waals surface area contributed by atoms with Gasteiger partial charge in [0.15, 0.2) is 0 Å². The van der Waals surface area contributed by atoms with Gasteiger partial charge in [-0.25, -0.2) is 0 Å². The molecule has 1 atom stereocenters. The fourth-order valence-corrected chi connectivity index (χ4v) is 2.95. The molecule has 1 aliphatic heterocycles. The van der Waals surface area contributed by atoms with Crippen LogP contribution in [0.25, 0.3) is 0 Å². The normalized spacial score (nSPS) is 17.2. The average molecular weight is 402 g/mol. The Bertz CT molecular complexity index is 558. The highest BCUT2D eigenvalue weighted by atomic mass is 35.5. The molecule has 0 aromatic heterocycles. The highest BCUT2D eigenvalue weighted by molar-refractivity contribution is 5.99. The average Bonchev–Trinajstić information content (AvgIpc) is 2.93. The first kappa shape index (κ1) is 23.8. The summed E-state index contributed by atoms with van der Waals surface area (Å²) >= 11 is 0. The van der Waals surface area contributed by atoms with Crippen molar-refractivity contribution in [1.29, 1.82) is 0 Å². The number of benzene rings is 1. The standard InChI is InChI=1S/C16H22F3N3O.2ClH/c1-2-21(11-16(17,18)19)9-12-7-8-22(10-12)15(23)13-5-3-4-6-14(13)20;;/h3-6,12H,2,7-11,20H2,1H3;2*1H. The summed E-state index contributed by atoms with van der Waals surface area (Å²) in [7, 11) is 0. The second kappa shape index (κ2) is 10.1. The van der Waals surface area contributed by atoms with E-state index in [1.54, 1.807) is 36.1 Å². The molecule has 2 N–H and O–H groups in total. The van der Waals surface area contributed by atoms with Crippen LogP contribution in [0.2, 0.25) is 0 Å². The number of nitrogens with zero attached hydrogens (tertiary/aromatic N) is 2. The van der Waals surface area contributed by atoms with Gasteiger partial charge in [0, 0.05) is 25.3 Å². The minimum Gasteiger partial charge on any atom is -0.398 e. The number of likely N-dealkylation sites (tertiary alicyclic amines) is 1. The fraction of sp³-hybridized carbons (Fsp3) is 0.562. The minimum absolute atomic E-state index is 0. The van der Waals surface area contributed by atoms with Gasteiger partial charge in [0.05, 0.1) is 12.1 Å². The number of nitrogen functional groups attached to an aromatic ring is 1. The molecular weight excluding hydrogens is 378 g/mol. The van der Waals surface area contributed by atoms with Gasteiger partial charge < -0.3 is 10.6 Å². The smallest absolute Gasteiger partial charge is 0.398 e. The summed E-state index contributed by atoms with van der Waals surface area (Å²) in [6.07, 6.45) is -3.48. The molecule has 1 amide bonds. The third kappa shape index (κ3) is 6.92. The van der Waals surface area contributed by atoms with Gasteiger partial charge in [-0.05, 0) is 31.0 Å². The monoisotopic (exact) mass is 401 g/mol. The maximum atomic E-state index is 12.5. The minimum atomic E-state index is -4.19. The SMILES string of the molecule is CCN(CC1CCN(C(=O)c2ccccc2N)C1)CC(F)(F)F.Cl.Cl. The van der Waals surface area contributed by atoms with E-state index in [-0.39, 0.29) is 36.6 Å². The third-order valence-electron chi connectivity index (χ3n) is 4.13. The van der Waals surface area contributed by atoms with Crippen molar-refractivity contribution < 1.29 is 18.0 Å². The molecule has 0 saturated carbocycles. The Kier molecular flexibility index (Phi) is 9.61. The second-order valence-corrected chi connectivity index (χ2v) is 5.94. The predicted octanol–water partition coefficient (Wildman–Crippen LogP) is 3.46. The van der Waals surface area contributed by atoms with E-state index in [4.69, 9.17) is 5.73 Å². The molecule has 0 spiro atoms. The number of halogens is 5. The van der Waals surface area contributed by atoms with Crippen molar-refractivity contribution in [3.05, 3.63) is 29.8 Å². The number of carbonyl (C=O) groups excluding carboxylic acids is 1. The van der Waals surface area contributed by atoms with Crippen molar-refractivity contribution in [2.45, 2.75) is 19.5 Å². The summed E-state index contributed by atoms with van der Waals surface area (Å²) in [5.41, 5.74) is 6.69. The topological polar surface area (TPSA) is 49.6 Å². The number of rotatable bonds is 5. The molecule has 144 valence electrons. The van der Waals surface area contributed by atoms with Crippen molar-refractivity contribution in [3.63, 3.8) is 0 Å². The quantitative estimate of drug-likeness (QED) is 0.768. The Morgan fingerprint density at radius 3 is 2.52 bits per heavy atom. The van der Waals surface area contributed by atoms with Crippen molar-refractivity contribution in [1.82, 2.24) is 9.80 Å². The van der Waals surface area contributed by atoms with E-state index in [0.717, 1.165) is 0 Å². The van der Waals surface area contributed by atoms with Crippen molar-refractivity contribution >= 4 is 36.4 Å².